The number of rotatable bonds is 5. The lowest BCUT2D eigenvalue weighted by molar-refractivity contribution is -0.208. The third kappa shape index (κ3) is 4.40. The summed E-state index contributed by atoms with van der Waals surface area (Å²) in [5, 5.41) is 12.5. The molecule has 2 fully saturated rings. The minimum atomic E-state index is -4.50. The van der Waals surface area contributed by atoms with E-state index in [2.05, 4.69) is 5.32 Å². The van der Waals surface area contributed by atoms with E-state index in [1.165, 1.54) is 12.8 Å². The Morgan fingerprint density at radius 2 is 1.78 bits per heavy atom. The van der Waals surface area contributed by atoms with Crippen molar-refractivity contribution < 1.29 is 18.3 Å². The summed E-state index contributed by atoms with van der Waals surface area (Å²) in [6, 6.07) is 0.690. The van der Waals surface area contributed by atoms with E-state index in [1.807, 2.05) is 0 Å². The van der Waals surface area contributed by atoms with Crippen molar-refractivity contribution in [2.24, 2.45) is 5.92 Å². The van der Waals surface area contributed by atoms with Gasteiger partial charge in [0.2, 0.25) is 0 Å². The van der Waals surface area contributed by atoms with Gasteiger partial charge in [0, 0.05) is 12.6 Å². The molecule has 106 valence electrons. The standard InChI is InChI=1S/C12H21F3N2O/c13-12(14,15)11(18)8-17-5-3-9(4-6-17)7-16-10-1-2-10/h9-11,16,18H,1-8H2. The van der Waals surface area contributed by atoms with E-state index in [0.717, 1.165) is 19.4 Å². The van der Waals surface area contributed by atoms with Crippen LogP contribution in [-0.2, 0) is 0 Å². The number of hydrogen-bond acceptors (Lipinski definition) is 3. The first-order valence-electron chi connectivity index (χ1n) is 6.65. The molecule has 1 aliphatic heterocycles. The van der Waals surface area contributed by atoms with Gasteiger partial charge < -0.3 is 15.3 Å². The normalized spacial score (nSPS) is 25.3. The molecule has 0 spiro atoms. The van der Waals surface area contributed by atoms with E-state index in [9.17, 15) is 13.2 Å². The highest BCUT2D eigenvalue weighted by Crippen LogP contribution is 2.24. The number of hydrogen-bond donors (Lipinski definition) is 2. The average molecular weight is 266 g/mol. The molecule has 1 aliphatic carbocycles. The lowest BCUT2D eigenvalue weighted by Crippen LogP contribution is -2.45. The summed E-state index contributed by atoms with van der Waals surface area (Å²) >= 11 is 0. The largest absolute Gasteiger partial charge is 0.415 e. The van der Waals surface area contributed by atoms with Crippen molar-refractivity contribution in [3.05, 3.63) is 0 Å². The Morgan fingerprint density at radius 3 is 2.28 bits per heavy atom. The molecule has 1 heterocycles. The molecule has 0 bridgehead atoms. The number of β-amino-alcohol motifs (C(OH)–C–C–N with tert-alkyl or cyclic N) is 1. The Hall–Kier alpha value is -0.330. The van der Waals surface area contributed by atoms with E-state index >= 15 is 0 Å². The minimum absolute atomic E-state index is 0.285. The van der Waals surface area contributed by atoms with Crippen LogP contribution in [0.2, 0.25) is 0 Å². The van der Waals surface area contributed by atoms with Crippen LogP contribution in [0.4, 0.5) is 13.2 Å². The third-order valence-electron chi connectivity index (χ3n) is 3.79. The number of nitrogens with zero attached hydrogens (tertiary/aromatic N) is 1. The number of piperidine rings is 1. The molecule has 0 aromatic carbocycles. The maximum Gasteiger partial charge on any atom is 0.415 e. The summed E-state index contributed by atoms with van der Waals surface area (Å²) in [5.41, 5.74) is 0. The molecule has 0 radical (unpaired) electrons. The molecule has 2 rings (SSSR count). The molecule has 2 N–H and O–H groups in total. The van der Waals surface area contributed by atoms with Gasteiger partial charge in [-0.25, -0.2) is 0 Å². The predicted octanol–water partition coefficient (Wildman–Crippen LogP) is 1.37. The first-order valence-corrected chi connectivity index (χ1v) is 6.65. The lowest BCUT2D eigenvalue weighted by atomic mass is 9.96. The van der Waals surface area contributed by atoms with Gasteiger partial charge in [0.05, 0.1) is 0 Å². The van der Waals surface area contributed by atoms with Crippen LogP contribution in [0.15, 0.2) is 0 Å². The van der Waals surface area contributed by atoms with Crippen LogP contribution in [-0.4, -0.2) is 54.5 Å². The van der Waals surface area contributed by atoms with E-state index in [1.54, 1.807) is 4.90 Å². The molecular weight excluding hydrogens is 245 g/mol. The molecule has 0 aromatic heterocycles. The van der Waals surface area contributed by atoms with Crippen molar-refractivity contribution in [3.8, 4) is 0 Å². The molecule has 1 unspecified atom stereocenters. The highest BCUT2D eigenvalue weighted by Gasteiger charge is 2.39. The monoisotopic (exact) mass is 266 g/mol. The number of aliphatic hydroxyl groups is 1. The predicted molar refractivity (Wildman–Crippen MR) is 62.3 cm³/mol. The molecule has 1 saturated heterocycles. The summed E-state index contributed by atoms with van der Waals surface area (Å²) in [6.45, 7) is 2.01. The Kier molecular flexibility index (Phi) is 4.50. The number of likely N-dealkylation sites (tertiary alicyclic amines) is 1. The van der Waals surface area contributed by atoms with Crippen molar-refractivity contribution in [3.63, 3.8) is 0 Å². The minimum Gasteiger partial charge on any atom is -0.382 e. The maximum absolute atomic E-state index is 12.2. The van der Waals surface area contributed by atoms with Gasteiger partial charge in [-0.3, -0.25) is 0 Å². The average Bonchev–Trinajstić information content (AvgIpc) is 3.11. The summed E-state index contributed by atoms with van der Waals surface area (Å²) < 4.78 is 36.6. The molecule has 0 aromatic rings. The van der Waals surface area contributed by atoms with Gasteiger partial charge >= 0.3 is 6.18 Å². The number of halogens is 3. The highest BCUT2D eigenvalue weighted by atomic mass is 19.4. The fourth-order valence-electron chi connectivity index (χ4n) is 2.34. The Balaban J connectivity index is 1.63. The Morgan fingerprint density at radius 1 is 1.17 bits per heavy atom. The number of aliphatic hydroxyl groups excluding tert-OH is 1. The van der Waals surface area contributed by atoms with Gasteiger partial charge in [0.1, 0.15) is 0 Å². The van der Waals surface area contributed by atoms with E-state index in [0.29, 0.717) is 25.0 Å². The first-order chi connectivity index (χ1) is 8.45. The van der Waals surface area contributed by atoms with Gasteiger partial charge in [-0.05, 0) is 51.2 Å². The van der Waals surface area contributed by atoms with Crippen LogP contribution in [0.5, 0.6) is 0 Å². The zero-order valence-electron chi connectivity index (χ0n) is 10.4. The fourth-order valence-corrected chi connectivity index (χ4v) is 2.34. The van der Waals surface area contributed by atoms with Crippen LogP contribution in [0.3, 0.4) is 0 Å². The third-order valence-corrected chi connectivity index (χ3v) is 3.79. The van der Waals surface area contributed by atoms with Crippen LogP contribution >= 0.6 is 0 Å². The summed E-state index contributed by atoms with van der Waals surface area (Å²) in [7, 11) is 0. The number of alkyl halides is 3. The summed E-state index contributed by atoms with van der Waals surface area (Å²) in [4.78, 5) is 1.71. The van der Waals surface area contributed by atoms with Gasteiger partial charge in [0.15, 0.2) is 6.10 Å². The quantitative estimate of drug-likeness (QED) is 0.789. The van der Waals surface area contributed by atoms with Crippen molar-refractivity contribution in [1.82, 2.24) is 10.2 Å². The van der Waals surface area contributed by atoms with Gasteiger partial charge in [-0.2, -0.15) is 13.2 Å². The second kappa shape index (κ2) is 5.75. The molecule has 2 aliphatic rings. The van der Waals surface area contributed by atoms with Crippen LogP contribution in [0, 0.1) is 5.92 Å². The number of nitrogens with one attached hydrogen (secondary N) is 1. The molecule has 6 heteroatoms. The molecule has 1 saturated carbocycles. The second-order valence-electron chi connectivity index (χ2n) is 5.48. The van der Waals surface area contributed by atoms with E-state index in [-0.39, 0.29) is 6.54 Å². The first kappa shape index (κ1) is 14.1. The maximum atomic E-state index is 12.2. The zero-order valence-corrected chi connectivity index (χ0v) is 10.4. The van der Waals surface area contributed by atoms with Gasteiger partial charge in [-0.1, -0.05) is 0 Å². The smallest absolute Gasteiger partial charge is 0.382 e. The Labute approximate surface area is 105 Å². The topological polar surface area (TPSA) is 35.5 Å². The zero-order chi connectivity index (χ0) is 13.2. The Bertz CT molecular complexity index is 261. The molecule has 18 heavy (non-hydrogen) atoms. The van der Waals surface area contributed by atoms with Gasteiger partial charge in [-0.15, -0.1) is 0 Å². The highest BCUT2D eigenvalue weighted by molar-refractivity contribution is 4.84. The lowest BCUT2D eigenvalue weighted by Gasteiger charge is -2.33. The molecule has 0 amide bonds. The van der Waals surface area contributed by atoms with E-state index < -0.39 is 12.3 Å². The second-order valence-corrected chi connectivity index (χ2v) is 5.48. The SMILES string of the molecule is OC(CN1CCC(CNC2CC2)CC1)C(F)(F)F. The van der Waals surface area contributed by atoms with Crippen molar-refractivity contribution in [1.29, 1.82) is 0 Å². The van der Waals surface area contributed by atoms with Crippen LogP contribution in [0.1, 0.15) is 25.7 Å². The van der Waals surface area contributed by atoms with Crippen LogP contribution < -0.4 is 5.32 Å². The molecule has 3 nitrogen and oxygen atoms in total. The van der Waals surface area contributed by atoms with Crippen molar-refractivity contribution in [2.45, 2.75) is 44.0 Å². The van der Waals surface area contributed by atoms with E-state index in [4.69, 9.17) is 5.11 Å². The van der Waals surface area contributed by atoms with Crippen molar-refractivity contribution >= 4 is 0 Å². The molecule has 1 atom stereocenters. The summed E-state index contributed by atoms with van der Waals surface area (Å²) in [5.74, 6) is 0.574. The molecular formula is C12H21F3N2O. The summed E-state index contributed by atoms with van der Waals surface area (Å²) in [6.07, 6.45) is -2.34. The van der Waals surface area contributed by atoms with Crippen LogP contribution in [0.25, 0.3) is 0 Å². The fraction of sp³-hybridized carbons (Fsp3) is 1.00. The van der Waals surface area contributed by atoms with Gasteiger partial charge in [0.25, 0.3) is 0 Å². The van der Waals surface area contributed by atoms with Crippen molar-refractivity contribution in [2.75, 3.05) is 26.2 Å².